The summed E-state index contributed by atoms with van der Waals surface area (Å²) in [5, 5.41) is 15.8. The molecule has 0 bridgehead atoms. The predicted octanol–water partition coefficient (Wildman–Crippen LogP) is 4.87. The Kier molecular flexibility index (Phi) is 7.32. The standard InChI is InChI=1S/C24H23ClN4O5S/c1-14-21(35-23(26-14)15-5-7-16(25)8-6-15)22(30)27-17-4-3-11-28(13-17)18-9-10-20(29(32)33)19(12-18)24(31)34-2/h5-10,12,17H,3-4,11,13H2,1-2H3,(H,27,30). The number of thiazole rings is 1. The molecule has 1 atom stereocenters. The zero-order chi connectivity index (χ0) is 25.1. The van der Waals surface area contributed by atoms with E-state index in [1.807, 2.05) is 24.0 Å². The predicted molar refractivity (Wildman–Crippen MR) is 134 cm³/mol. The van der Waals surface area contributed by atoms with Gasteiger partial charge in [0.25, 0.3) is 11.6 Å². The number of piperidine rings is 1. The highest BCUT2D eigenvalue weighted by molar-refractivity contribution is 7.17. The third-order valence-corrected chi connectivity index (χ3v) is 7.26. The molecule has 0 aliphatic carbocycles. The van der Waals surface area contributed by atoms with E-state index >= 15 is 0 Å². The molecular formula is C24H23ClN4O5S. The van der Waals surface area contributed by atoms with E-state index in [0.29, 0.717) is 34.4 Å². The van der Waals surface area contributed by atoms with Gasteiger partial charge in [-0.1, -0.05) is 23.7 Å². The summed E-state index contributed by atoms with van der Waals surface area (Å²) in [6.07, 6.45) is 1.61. The summed E-state index contributed by atoms with van der Waals surface area (Å²) < 4.78 is 4.71. The summed E-state index contributed by atoms with van der Waals surface area (Å²) in [7, 11) is 1.19. The molecular weight excluding hydrogens is 492 g/mol. The summed E-state index contributed by atoms with van der Waals surface area (Å²) >= 11 is 7.29. The van der Waals surface area contributed by atoms with Crippen LogP contribution in [0.1, 0.15) is 38.6 Å². The van der Waals surface area contributed by atoms with Crippen LogP contribution in [0.15, 0.2) is 42.5 Å². The summed E-state index contributed by atoms with van der Waals surface area (Å²) in [6.45, 7) is 3.01. The number of nitrogens with zero attached hydrogens (tertiary/aromatic N) is 3. The molecule has 1 amide bonds. The van der Waals surface area contributed by atoms with Crippen LogP contribution in [0.4, 0.5) is 11.4 Å². The van der Waals surface area contributed by atoms with E-state index in [4.69, 9.17) is 16.3 Å². The van der Waals surface area contributed by atoms with Crippen LogP contribution in [0.5, 0.6) is 0 Å². The fourth-order valence-corrected chi connectivity index (χ4v) is 5.16. The number of nitro benzene ring substituents is 1. The van der Waals surface area contributed by atoms with Gasteiger partial charge in [0.1, 0.15) is 15.4 Å². The van der Waals surface area contributed by atoms with E-state index in [2.05, 4.69) is 10.3 Å². The molecule has 182 valence electrons. The molecule has 0 saturated carbocycles. The Morgan fingerprint density at radius 2 is 2.00 bits per heavy atom. The highest BCUT2D eigenvalue weighted by Crippen LogP contribution is 2.30. The number of hydrogen-bond acceptors (Lipinski definition) is 8. The van der Waals surface area contributed by atoms with Crippen molar-refractivity contribution < 1.29 is 19.2 Å². The van der Waals surface area contributed by atoms with Crippen molar-refractivity contribution in [3.8, 4) is 10.6 Å². The lowest BCUT2D eigenvalue weighted by Crippen LogP contribution is -2.47. The van der Waals surface area contributed by atoms with Gasteiger partial charge in [-0.05, 0) is 44.0 Å². The second kappa shape index (κ2) is 10.4. The molecule has 3 aromatic rings. The number of amides is 1. The monoisotopic (exact) mass is 514 g/mol. The third-order valence-electron chi connectivity index (χ3n) is 5.80. The second-order valence-corrected chi connectivity index (χ2v) is 9.58. The van der Waals surface area contributed by atoms with Gasteiger partial charge >= 0.3 is 5.97 Å². The van der Waals surface area contributed by atoms with Gasteiger partial charge in [0, 0.05) is 41.5 Å². The highest BCUT2D eigenvalue weighted by Gasteiger charge is 2.27. The van der Waals surface area contributed by atoms with E-state index in [1.54, 1.807) is 18.2 Å². The lowest BCUT2D eigenvalue weighted by molar-refractivity contribution is -0.385. The van der Waals surface area contributed by atoms with Crippen molar-refractivity contribution in [3.63, 3.8) is 0 Å². The van der Waals surface area contributed by atoms with Crippen LogP contribution in [-0.4, -0.2) is 48.0 Å². The molecule has 9 nitrogen and oxygen atoms in total. The lowest BCUT2D eigenvalue weighted by atomic mass is 10.0. The maximum Gasteiger partial charge on any atom is 0.344 e. The van der Waals surface area contributed by atoms with Crippen LogP contribution in [0.25, 0.3) is 10.6 Å². The van der Waals surface area contributed by atoms with Crippen molar-refractivity contribution in [3.05, 3.63) is 73.7 Å². The highest BCUT2D eigenvalue weighted by atomic mass is 35.5. The molecule has 1 aromatic heterocycles. The Morgan fingerprint density at radius 1 is 1.26 bits per heavy atom. The van der Waals surface area contributed by atoms with Crippen LogP contribution in [-0.2, 0) is 4.74 Å². The normalized spacial score (nSPS) is 15.5. The number of aromatic nitrogens is 1. The zero-order valence-corrected chi connectivity index (χ0v) is 20.7. The molecule has 1 aliphatic rings. The topological polar surface area (TPSA) is 115 Å². The zero-order valence-electron chi connectivity index (χ0n) is 19.1. The van der Waals surface area contributed by atoms with Crippen LogP contribution in [0.2, 0.25) is 5.02 Å². The first kappa shape index (κ1) is 24.6. The molecule has 1 saturated heterocycles. The molecule has 1 N–H and O–H groups in total. The minimum Gasteiger partial charge on any atom is -0.465 e. The average molecular weight is 515 g/mol. The lowest BCUT2D eigenvalue weighted by Gasteiger charge is -2.34. The van der Waals surface area contributed by atoms with E-state index < -0.39 is 10.9 Å². The van der Waals surface area contributed by atoms with Crippen molar-refractivity contribution in [2.45, 2.75) is 25.8 Å². The Hall–Kier alpha value is -3.50. The quantitative estimate of drug-likeness (QED) is 0.283. The number of hydrogen-bond donors (Lipinski definition) is 1. The number of anilines is 1. The van der Waals surface area contributed by atoms with Gasteiger partial charge < -0.3 is 15.0 Å². The van der Waals surface area contributed by atoms with Gasteiger partial charge in [-0.2, -0.15) is 0 Å². The van der Waals surface area contributed by atoms with Gasteiger partial charge in [-0.25, -0.2) is 9.78 Å². The number of halogens is 1. The number of nitro groups is 1. The number of methoxy groups -OCH3 is 1. The van der Waals surface area contributed by atoms with Crippen LogP contribution in [0, 0.1) is 17.0 Å². The van der Waals surface area contributed by atoms with Gasteiger partial charge in [0.15, 0.2) is 0 Å². The van der Waals surface area contributed by atoms with Crippen molar-refractivity contribution in [1.82, 2.24) is 10.3 Å². The Balaban J connectivity index is 1.48. The fourth-order valence-electron chi connectivity index (χ4n) is 4.06. The van der Waals surface area contributed by atoms with E-state index in [-0.39, 0.29) is 23.2 Å². The number of benzene rings is 2. The summed E-state index contributed by atoms with van der Waals surface area (Å²) in [5.74, 6) is -0.955. The first-order chi connectivity index (χ1) is 16.8. The smallest absolute Gasteiger partial charge is 0.344 e. The molecule has 4 rings (SSSR count). The maximum atomic E-state index is 13.1. The number of carbonyl (C=O) groups excluding carboxylic acids is 2. The first-order valence-corrected chi connectivity index (χ1v) is 12.1. The van der Waals surface area contributed by atoms with E-state index in [1.165, 1.54) is 30.6 Å². The van der Waals surface area contributed by atoms with Crippen LogP contribution in [0.3, 0.4) is 0 Å². The number of aryl methyl sites for hydroxylation is 1. The molecule has 0 radical (unpaired) electrons. The third kappa shape index (κ3) is 5.44. The Bertz CT molecular complexity index is 1280. The molecule has 11 heteroatoms. The van der Waals surface area contributed by atoms with Crippen LogP contribution < -0.4 is 10.2 Å². The van der Waals surface area contributed by atoms with E-state index in [0.717, 1.165) is 23.4 Å². The summed E-state index contributed by atoms with van der Waals surface area (Å²) in [6, 6.07) is 11.6. The molecule has 0 spiro atoms. The van der Waals surface area contributed by atoms with E-state index in [9.17, 15) is 19.7 Å². The SMILES string of the molecule is COC(=O)c1cc(N2CCCC(NC(=O)c3sc(-c4ccc(Cl)cc4)nc3C)C2)ccc1[N+](=O)[O-]. The summed E-state index contributed by atoms with van der Waals surface area (Å²) in [5.41, 5.74) is 1.80. The molecule has 35 heavy (non-hydrogen) atoms. The second-order valence-electron chi connectivity index (χ2n) is 8.15. The largest absolute Gasteiger partial charge is 0.465 e. The molecule has 2 aromatic carbocycles. The maximum absolute atomic E-state index is 13.1. The minimum absolute atomic E-state index is 0.101. The molecule has 1 aliphatic heterocycles. The minimum atomic E-state index is -0.766. The summed E-state index contributed by atoms with van der Waals surface area (Å²) in [4.78, 5) is 42.9. The van der Waals surface area contributed by atoms with Crippen molar-refractivity contribution in [2.24, 2.45) is 0 Å². The van der Waals surface area contributed by atoms with Gasteiger partial charge in [-0.3, -0.25) is 14.9 Å². The number of ether oxygens (including phenoxy) is 1. The molecule has 2 heterocycles. The Labute approximate surface area is 210 Å². The number of rotatable bonds is 6. The molecule has 1 fully saturated rings. The average Bonchev–Trinajstić information content (AvgIpc) is 3.25. The first-order valence-electron chi connectivity index (χ1n) is 10.9. The van der Waals surface area contributed by atoms with Crippen molar-refractivity contribution in [2.75, 3.05) is 25.1 Å². The van der Waals surface area contributed by atoms with Crippen LogP contribution >= 0.6 is 22.9 Å². The fraction of sp³-hybridized carbons (Fsp3) is 0.292. The van der Waals surface area contributed by atoms with Crippen molar-refractivity contribution in [1.29, 1.82) is 0 Å². The van der Waals surface area contributed by atoms with Gasteiger partial charge in [0.2, 0.25) is 0 Å². The van der Waals surface area contributed by atoms with Gasteiger partial charge in [0.05, 0.1) is 17.7 Å². The van der Waals surface area contributed by atoms with Gasteiger partial charge in [-0.15, -0.1) is 11.3 Å². The number of esters is 1. The van der Waals surface area contributed by atoms with Crippen molar-refractivity contribution >= 4 is 46.2 Å². The Morgan fingerprint density at radius 3 is 2.69 bits per heavy atom. The number of carbonyl (C=O) groups is 2. The molecule has 1 unspecified atom stereocenters. The number of nitrogens with one attached hydrogen (secondary N) is 1.